The third-order valence-corrected chi connectivity index (χ3v) is 6.02. The molecular formula is C21H24FN3O3S. The Hall–Kier alpha value is -2.71. The van der Waals surface area contributed by atoms with Gasteiger partial charge in [0.25, 0.3) is 0 Å². The molecule has 0 aliphatic carbocycles. The van der Waals surface area contributed by atoms with Crippen molar-refractivity contribution in [3.63, 3.8) is 0 Å². The van der Waals surface area contributed by atoms with E-state index in [0.717, 1.165) is 30.7 Å². The molecule has 0 aliphatic rings. The second-order valence-electron chi connectivity index (χ2n) is 7.06. The SMILES string of the molecule is Cc1ccc(-c2nc(S(=O)(=O)c3ccc(F)cc3)c(NCCCN(C)C)o2)cc1. The second kappa shape index (κ2) is 8.75. The van der Waals surface area contributed by atoms with E-state index in [1.54, 1.807) is 0 Å². The quantitative estimate of drug-likeness (QED) is 0.441. The maximum atomic E-state index is 13.2. The van der Waals surface area contributed by atoms with E-state index in [1.165, 1.54) is 12.1 Å². The van der Waals surface area contributed by atoms with E-state index in [2.05, 4.69) is 10.3 Å². The van der Waals surface area contributed by atoms with E-state index in [0.29, 0.717) is 12.1 Å². The minimum atomic E-state index is -3.98. The minimum absolute atomic E-state index is 0.0426. The predicted octanol–water partition coefficient (Wildman–Crippen LogP) is 3.99. The first kappa shape index (κ1) is 21.0. The van der Waals surface area contributed by atoms with Gasteiger partial charge >= 0.3 is 0 Å². The van der Waals surface area contributed by atoms with Crippen LogP contribution in [0.15, 0.2) is 62.9 Å². The Morgan fingerprint density at radius 3 is 2.34 bits per heavy atom. The van der Waals surface area contributed by atoms with Crippen molar-refractivity contribution >= 4 is 15.7 Å². The first-order valence-corrected chi connectivity index (χ1v) is 10.7. The highest BCUT2D eigenvalue weighted by molar-refractivity contribution is 7.91. The largest absolute Gasteiger partial charge is 0.419 e. The first-order valence-electron chi connectivity index (χ1n) is 9.24. The van der Waals surface area contributed by atoms with E-state index in [-0.39, 0.29) is 21.7 Å². The highest BCUT2D eigenvalue weighted by Gasteiger charge is 2.28. The van der Waals surface area contributed by atoms with Crippen LogP contribution in [0, 0.1) is 12.7 Å². The van der Waals surface area contributed by atoms with Gasteiger partial charge in [0.05, 0.1) is 4.90 Å². The van der Waals surface area contributed by atoms with Gasteiger partial charge in [-0.1, -0.05) is 17.7 Å². The van der Waals surface area contributed by atoms with Crippen LogP contribution in [0.3, 0.4) is 0 Å². The number of anilines is 1. The third-order valence-electron chi connectivity index (χ3n) is 4.34. The lowest BCUT2D eigenvalue weighted by molar-refractivity contribution is 0.404. The zero-order chi connectivity index (χ0) is 21.0. The number of halogens is 1. The molecular weight excluding hydrogens is 393 g/mol. The van der Waals surface area contributed by atoms with Crippen molar-refractivity contribution in [2.45, 2.75) is 23.3 Å². The van der Waals surface area contributed by atoms with Gasteiger partial charge in [-0.3, -0.25) is 0 Å². The van der Waals surface area contributed by atoms with E-state index >= 15 is 0 Å². The second-order valence-corrected chi connectivity index (χ2v) is 8.93. The fourth-order valence-electron chi connectivity index (χ4n) is 2.74. The lowest BCUT2D eigenvalue weighted by atomic mass is 10.1. The standard InChI is InChI=1S/C21H24FN3O3S/c1-15-5-7-16(8-6-15)19-24-21(20(28-19)23-13-4-14-25(2)3)29(26,27)18-11-9-17(22)10-12-18/h5-12,23H,4,13-14H2,1-3H3. The third kappa shape index (κ3) is 5.02. The Balaban J connectivity index is 1.98. The average molecular weight is 418 g/mol. The maximum Gasteiger partial charge on any atom is 0.233 e. The zero-order valence-corrected chi connectivity index (χ0v) is 17.5. The summed E-state index contributed by atoms with van der Waals surface area (Å²) in [5.74, 6) is -0.212. The molecule has 1 heterocycles. The minimum Gasteiger partial charge on any atom is -0.419 e. The van der Waals surface area contributed by atoms with Crippen molar-refractivity contribution < 1.29 is 17.2 Å². The average Bonchev–Trinajstić information content (AvgIpc) is 3.11. The summed E-state index contributed by atoms with van der Waals surface area (Å²) < 4.78 is 45.3. The molecule has 29 heavy (non-hydrogen) atoms. The number of hydrogen-bond acceptors (Lipinski definition) is 6. The molecule has 8 heteroatoms. The summed E-state index contributed by atoms with van der Waals surface area (Å²) in [6.45, 7) is 3.32. The number of benzene rings is 2. The molecule has 0 atom stereocenters. The molecule has 0 fully saturated rings. The lowest BCUT2D eigenvalue weighted by Gasteiger charge is -2.10. The summed E-state index contributed by atoms with van der Waals surface area (Å²) in [5, 5.41) is 2.84. The smallest absolute Gasteiger partial charge is 0.233 e. The van der Waals surface area contributed by atoms with Gasteiger partial charge in [0.2, 0.25) is 26.6 Å². The topological polar surface area (TPSA) is 75.4 Å². The van der Waals surface area contributed by atoms with E-state index in [1.807, 2.05) is 50.2 Å². The monoisotopic (exact) mass is 417 g/mol. The molecule has 0 radical (unpaired) electrons. The Kier molecular flexibility index (Phi) is 6.34. The number of oxazole rings is 1. The van der Waals surface area contributed by atoms with Crippen molar-refractivity contribution in [1.29, 1.82) is 0 Å². The fraction of sp³-hybridized carbons (Fsp3) is 0.286. The highest BCUT2D eigenvalue weighted by atomic mass is 32.2. The van der Waals surface area contributed by atoms with Gasteiger partial charge in [0.1, 0.15) is 5.82 Å². The number of rotatable bonds is 8. The molecule has 0 spiro atoms. The van der Waals surface area contributed by atoms with Crippen molar-refractivity contribution in [2.24, 2.45) is 0 Å². The molecule has 0 bridgehead atoms. The number of nitrogens with zero attached hydrogens (tertiary/aromatic N) is 2. The van der Waals surface area contributed by atoms with Crippen LogP contribution in [0.4, 0.5) is 10.3 Å². The summed E-state index contributed by atoms with van der Waals surface area (Å²) in [6.07, 6.45) is 0.795. The van der Waals surface area contributed by atoms with E-state index in [4.69, 9.17) is 4.42 Å². The van der Waals surface area contributed by atoms with Gasteiger partial charge in [-0.15, -0.1) is 0 Å². The molecule has 6 nitrogen and oxygen atoms in total. The fourth-order valence-corrected chi connectivity index (χ4v) is 4.02. The number of sulfone groups is 1. The van der Waals surface area contributed by atoms with E-state index < -0.39 is 15.7 Å². The summed E-state index contributed by atoms with van der Waals surface area (Å²) in [6, 6.07) is 12.1. The number of nitrogens with one attached hydrogen (secondary N) is 1. The normalized spacial score (nSPS) is 11.8. The van der Waals surface area contributed by atoms with Gasteiger partial charge in [0, 0.05) is 12.1 Å². The van der Waals surface area contributed by atoms with Gasteiger partial charge in [-0.2, -0.15) is 4.98 Å². The Bertz CT molecular complexity index is 1060. The van der Waals surface area contributed by atoms with Crippen molar-refractivity contribution in [1.82, 2.24) is 9.88 Å². The van der Waals surface area contributed by atoms with Crippen LogP contribution in [0.2, 0.25) is 0 Å². The van der Waals surface area contributed by atoms with Crippen LogP contribution in [-0.4, -0.2) is 45.5 Å². The molecule has 0 saturated carbocycles. The maximum absolute atomic E-state index is 13.2. The molecule has 154 valence electrons. The van der Waals surface area contributed by atoms with Crippen LogP contribution in [0.5, 0.6) is 0 Å². The van der Waals surface area contributed by atoms with Gasteiger partial charge < -0.3 is 14.6 Å². The van der Waals surface area contributed by atoms with Gasteiger partial charge in [-0.05, 0) is 70.4 Å². The number of aryl methyl sites for hydroxylation is 1. The summed E-state index contributed by atoms with van der Waals surface area (Å²) in [7, 11) is -0.0464. The lowest BCUT2D eigenvalue weighted by Crippen LogP contribution is -2.17. The van der Waals surface area contributed by atoms with Crippen LogP contribution >= 0.6 is 0 Å². The molecule has 3 rings (SSSR count). The zero-order valence-electron chi connectivity index (χ0n) is 16.6. The molecule has 0 unspecified atom stereocenters. The van der Waals surface area contributed by atoms with Crippen molar-refractivity contribution in [3.8, 4) is 11.5 Å². The number of hydrogen-bond donors (Lipinski definition) is 1. The van der Waals surface area contributed by atoms with Crippen LogP contribution < -0.4 is 5.32 Å². The molecule has 0 amide bonds. The summed E-state index contributed by atoms with van der Waals surface area (Å²) in [4.78, 5) is 6.27. The van der Waals surface area contributed by atoms with Crippen molar-refractivity contribution in [3.05, 3.63) is 59.9 Å². The first-order chi connectivity index (χ1) is 13.8. The van der Waals surface area contributed by atoms with Gasteiger partial charge in [0.15, 0.2) is 0 Å². The number of aromatic nitrogens is 1. The molecule has 0 saturated heterocycles. The summed E-state index contributed by atoms with van der Waals surface area (Å²) in [5.41, 5.74) is 1.74. The van der Waals surface area contributed by atoms with Crippen LogP contribution in [-0.2, 0) is 9.84 Å². The summed E-state index contributed by atoms with van der Waals surface area (Å²) >= 11 is 0. The Morgan fingerprint density at radius 1 is 1.07 bits per heavy atom. The Labute approximate surface area is 170 Å². The molecule has 3 aromatic rings. The van der Waals surface area contributed by atoms with Crippen molar-refractivity contribution in [2.75, 3.05) is 32.5 Å². The van der Waals surface area contributed by atoms with Gasteiger partial charge in [-0.25, -0.2) is 12.8 Å². The highest BCUT2D eigenvalue weighted by Crippen LogP contribution is 2.32. The predicted molar refractivity (Wildman–Crippen MR) is 110 cm³/mol. The Morgan fingerprint density at radius 2 is 1.72 bits per heavy atom. The molecule has 2 aromatic carbocycles. The molecule has 0 aliphatic heterocycles. The molecule has 1 aromatic heterocycles. The molecule has 1 N–H and O–H groups in total. The van der Waals surface area contributed by atoms with Crippen LogP contribution in [0.1, 0.15) is 12.0 Å². The van der Waals surface area contributed by atoms with Crippen LogP contribution in [0.25, 0.3) is 11.5 Å². The van der Waals surface area contributed by atoms with E-state index in [9.17, 15) is 12.8 Å².